The van der Waals surface area contributed by atoms with Crippen LogP contribution in [0.3, 0.4) is 0 Å². The number of aromatic nitrogens is 1. The molecule has 0 spiro atoms. The molecule has 1 aromatic heterocycles. The molecular formula is C20H21ClN2O. The van der Waals surface area contributed by atoms with E-state index in [9.17, 15) is 0 Å². The number of methoxy groups -OCH3 is 1. The Bertz CT molecular complexity index is 865. The lowest BCUT2D eigenvalue weighted by Crippen LogP contribution is -2.26. The Kier molecular flexibility index (Phi) is 4.21. The highest BCUT2D eigenvalue weighted by Gasteiger charge is 2.19. The molecule has 24 heavy (non-hydrogen) atoms. The van der Waals surface area contributed by atoms with Gasteiger partial charge in [-0.25, -0.2) is 0 Å². The van der Waals surface area contributed by atoms with Gasteiger partial charge >= 0.3 is 0 Å². The van der Waals surface area contributed by atoms with Gasteiger partial charge in [-0.2, -0.15) is 0 Å². The van der Waals surface area contributed by atoms with Gasteiger partial charge in [-0.15, -0.1) is 0 Å². The Hall–Kier alpha value is -1.97. The van der Waals surface area contributed by atoms with Gasteiger partial charge in [0.25, 0.3) is 0 Å². The summed E-state index contributed by atoms with van der Waals surface area (Å²) in [5.41, 5.74) is 4.37. The summed E-state index contributed by atoms with van der Waals surface area (Å²) in [4.78, 5) is 3.46. The minimum absolute atomic E-state index is 0.622. The number of H-pyrrole nitrogens is 1. The maximum Gasteiger partial charge on any atom is 0.128 e. The first-order valence-corrected chi connectivity index (χ1v) is 8.81. The smallest absolute Gasteiger partial charge is 0.128 e. The molecule has 2 heterocycles. The SMILES string of the molecule is COc1ccccc1-c1[nH]c2ccc(C3CCNCC3)cc2c1Cl. The minimum Gasteiger partial charge on any atom is -0.496 e. The van der Waals surface area contributed by atoms with Crippen LogP contribution >= 0.6 is 11.6 Å². The van der Waals surface area contributed by atoms with E-state index < -0.39 is 0 Å². The van der Waals surface area contributed by atoms with Crippen LogP contribution in [0.4, 0.5) is 0 Å². The lowest BCUT2D eigenvalue weighted by atomic mass is 9.90. The number of nitrogens with one attached hydrogen (secondary N) is 2. The van der Waals surface area contributed by atoms with E-state index in [1.165, 1.54) is 18.4 Å². The maximum absolute atomic E-state index is 6.73. The summed E-state index contributed by atoms with van der Waals surface area (Å²) < 4.78 is 5.48. The molecule has 124 valence electrons. The topological polar surface area (TPSA) is 37.0 Å². The fraction of sp³-hybridized carbons (Fsp3) is 0.300. The number of ether oxygens (including phenoxy) is 1. The summed E-state index contributed by atoms with van der Waals surface area (Å²) in [5, 5.41) is 5.29. The van der Waals surface area contributed by atoms with Gasteiger partial charge in [-0.1, -0.05) is 29.8 Å². The van der Waals surface area contributed by atoms with E-state index in [0.29, 0.717) is 5.92 Å². The van der Waals surface area contributed by atoms with Crippen LogP contribution in [0, 0.1) is 0 Å². The average Bonchev–Trinajstić information content (AvgIpc) is 2.98. The first-order valence-electron chi connectivity index (χ1n) is 8.43. The number of hydrogen-bond donors (Lipinski definition) is 2. The molecular weight excluding hydrogens is 320 g/mol. The molecule has 0 radical (unpaired) electrons. The number of para-hydroxylation sites is 1. The Morgan fingerprint density at radius 1 is 1.08 bits per heavy atom. The second kappa shape index (κ2) is 6.50. The van der Waals surface area contributed by atoms with Crippen molar-refractivity contribution in [2.24, 2.45) is 0 Å². The van der Waals surface area contributed by atoms with Crippen molar-refractivity contribution in [2.45, 2.75) is 18.8 Å². The average molecular weight is 341 g/mol. The summed E-state index contributed by atoms with van der Waals surface area (Å²) in [7, 11) is 1.69. The van der Waals surface area contributed by atoms with Crippen LogP contribution in [0.15, 0.2) is 42.5 Å². The molecule has 0 unspecified atom stereocenters. The summed E-state index contributed by atoms with van der Waals surface area (Å²) in [6.07, 6.45) is 2.37. The zero-order chi connectivity index (χ0) is 16.5. The Balaban J connectivity index is 1.80. The first kappa shape index (κ1) is 15.6. The van der Waals surface area contributed by atoms with E-state index in [-0.39, 0.29) is 0 Å². The minimum atomic E-state index is 0.622. The van der Waals surface area contributed by atoms with E-state index in [2.05, 4.69) is 28.5 Å². The van der Waals surface area contributed by atoms with Crippen molar-refractivity contribution in [1.29, 1.82) is 0 Å². The number of aromatic amines is 1. The predicted octanol–water partition coefficient (Wildman–Crippen LogP) is 4.96. The standard InChI is InChI=1S/C20H21ClN2O/c1-24-18-5-3-2-4-15(18)20-19(21)16-12-14(6-7-17(16)23-20)13-8-10-22-11-9-13/h2-7,12-13,22-23H,8-11H2,1H3. The monoisotopic (exact) mass is 340 g/mol. The van der Waals surface area contributed by atoms with Crippen LogP contribution in [0.2, 0.25) is 5.02 Å². The van der Waals surface area contributed by atoms with Crippen molar-refractivity contribution >= 4 is 22.5 Å². The van der Waals surface area contributed by atoms with E-state index in [1.807, 2.05) is 24.3 Å². The van der Waals surface area contributed by atoms with Crippen LogP contribution in [0.5, 0.6) is 5.75 Å². The highest BCUT2D eigenvalue weighted by Crippen LogP contribution is 2.40. The molecule has 4 heteroatoms. The zero-order valence-corrected chi connectivity index (χ0v) is 14.5. The molecule has 0 amide bonds. The fourth-order valence-corrected chi connectivity index (χ4v) is 3.93. The van der Waals surface area contributed by atoms with Gasteiger partial charge in [0.05, 0.1) is 17.8 Å². The highest BCUT2D eigenvalue weighted by atomic mass is 35.5. The molecule has 0 bridgehead atoms. The summed E-state index contributed by atoms with van der Waals surface area (Å²) in [6, 6.07) is 14.6. The van der Waals surface area contributed by atoms with Crippen molar-refractivity contribution < 1.29 is 4.74 Å². The molecule has 3 nitrogen and oxygen atoms in total. The number of rotatable bonds is 3. The maximum atomic E-state index is 6.73. The largest absolute Gasteiger partial charge is 0.496 e. The second-order valence-electron chi connectivity index (χ2n) is 6.34. The van der Waals surface area contributed by atoms with Crippen molar-refractivity contribution in [1.82, 2.24) is 10.3 Å². The number of benzene rings is 2. The summed E-state index contributed by atoms with van der Waals surface area (Å²) in [6.45, 7) is 2.19. The van der Waals surface area contributed by atoms with E-state index in [0.717, 1.165) is 46.0 Å². The molecule has 1 saturated heterocycles. The number of fused-ring (bicyclic) bond motifs is 1. The fourth-order valence-electron chi connectivity index (χ4n) is 3.62. The van der Waals surface area contributed by atoms with Gasteiger partial charge in [-0.3, -0.25) is 0 Å². The molecule has 0 saturated carbocycles. The molecule has 2 aromatic carbocycles. The van der Waals surface area contributed by atoms with Crippen LogP contribution in [-0.4, -0.2) is 25.2 Å². The molecule has 1 aliphatic heterocycles. The highest BCUT2D eigenvalue weighted by molar-refractivity contribution is 6.38. The van der Waals surface area contributed by atoms with Crippen LogP contribution in [0.25, 0.3) is 22.2 Å². The number of hydrogen-bond acceptors (Lipinski definition) is 2. The molecule has 1 fully saturated rings. The van der Waals surface area contributed by atoms with Crippen molar-refractivity contribution in [3.05, 3.63) is 53.1 Å². The molecule has 1 aliphatic rings. The number of halogens is 1. The Labute approximate surface area is 147 Å². The van der Waals surface area contributed by atoms with Crippen LogP contribution < -0.4 is 10.1 Å². The third kappa shape index (κ3) is 2.68. The van der Waals surface area contributed by atoms with Crippen LogP contribution in [0.1, 0.15) is 24.3 Å². The van der Waals surface area contributed by atoms with Gasteiger partial charge in [0, 0.05) is 16.5 Å². The molecule has 4 rings (SSSR count). The molecule has 2 N–H and O–H groups in total. The second-order valence-corrected chi connectivity index (χ2v) is 6.72. The van der Waals surface area contributed by atoms with Gasteiger partial charge in [-0.05, 0) is 61.7 Å². The predicted molar refractivity (Wildman–Crippen MR) is 100 cm³/mol. The Morgan fingerprint density at radius 3 is 2.67 bits per heavy atom. The molecule has 3 aromatic rings. The van der Waals surface area contributed by atoms with Crippen LogP contribution in [-0.2, 0) is 0 Å². The zero-order valence-electron chi connectivity index (χ0n) is 13.7. The van der Waals surface area contributed by atoms with Gasteiger partial charge in [0.15, 0.2) is 0 Å². The summed E-state index contributed by atoms with van der Waals surface area (Å²) in [5.74, 6) is 1.45. The lowest BCUT2D eigenvalue weighted by Gasteiger charge is -2.23. The van der Waals surface area contributed by atoms with Crippen molar-refractivity contribution in [2.75, 3.05) is 20.2 Å². The van der Waals surface area contributed by atoms with Gasteiger partial charge in [0.2, 0.25) is 0 Å². The first-order chi connectivity index (χ1) is 11.8. The lowest BCUT2D eigenvalue weighted by molar-refractivity contribution is 0.416. The van der Waals surface area contributed by atoms with E-state index in [4.69, 9.17) is 16.3 Å². The number of piperidine rings is 1. The quantitative estimate of drug-likeness (QED) is 0.706. The third-order valence-electron chi connectivity index (χ3n) is 4.95. The van der Waals surface area contributed by atoms with Gasteiger partial charge in [0.1, 0.15) is 5.75 Å². The molecule has 0 atom stereocenters. The normalized spacial score (nSPS) is 15.8. The third-order valence-corrected chi connectivity index (χ3v) is 5.34. The van der Waals surface area contributed by atoms with Crippen molar-refractivity contribution in [3.8, 4) is 17.0 Å². The van der Waals surface area contributed by atoms with Gasteiger partial charge < -0.3 is 15.0 Å². The van der Waals surface area contributed by atoms with E-state index >= 15 is 0 Å². The summed E-state index contributed by atoms with van der Waals surface area (Å²) >= 11 is 6.73. The Morgan fingerprint density at radius 2 is 1.88 bits per heavy atom. The molecule has 0 aliphatic carbocycles. The van der Waals surface area contributed by atoms with E-state index in [1.54, 1.807) is 7.11 Å². The van der Waals surface area contributed by atoms with Crippen molar-refractivity contribution in [3.63, 3.8) is 0 Å².